The van der Waals surface area contributed by atoms with Gasteiger partial charge in [-0.2, -0.15) is 0 Å². The summed E-state index contributed by atoms with van der Waals surface area (Å²) in [4.78, 5) is 13.5. The van der Waals surface area contributed by atoms with Crippen LogP contribution in [0, 0.1) is 18.3 Å². The molecule has 1 heterocycles. The number of anilines is 1. The van der Waals surface area contributed by atoms with Crippen LogP contribution in [0.2, 0.25) is 0 Å². The molecule has 4 heteroatoms. The van der Waals surface area contributed by atoms with E-state index >= 15 is 0 Å². The van der Waals surface area contributed by atoms with E-state index in [0.29, 0.717) is 24.4 Å². The van der Waals surface area contributed by atoms with Crippen molar-refractivity contribution in [3.63, 3.8) is 0 Å². The van der Waals surface area contributed by atoms with Crippen molar-refractivity contribution in [3.05, 3.63) is 24.3 Å². The highest BCUT2D eigenvalue weighted by Gasteiger charge is 2.30. The third kappa shape index (κ3) is 2.45. The maximum absolute atomic E-state index is 12.1. The van der Waals surface area contributed by atoms with E-state index in [0.717, 1.165) is 0 Å². The fourth-order valence-electron chi connectivity index (χ4n) is 2.00. The van der Waals surface area contributed by atoms with Crippen LogP contribution in [-0.2, 0) is 4.79 Å². The summed E-state index contributed by atoms with van der Waals surface area (Å²) in [6.07, 6.45) is 5.70. The summed E-state index contributed by atoms with van der Waals surface area (Å²) in [6, 6.07) is 7.11. The first-order chi connectivity index (χ1) is 8.76. The molecule has 0 aliphatic carbocycles. The summed E-state index contributed by atoms with van der Waals surface area (Å²) in [7, 11) is 0. The van der Waals surface area contributed by atoms with Crippen molar-refractivity contribution in [3.8, 4) is 18.1 Å². The molecule has 1 aromatic rings. The molecule has 1 amide bonds. The minimum atomic E-state index is -0.560. The normalized spacial score (nSPS) is 18.8. The first kappa shape index (κ1) is 12.4. The van der Waals surface area contributed by atoms with Crippen LogP contribution in [0.1, 0.15) is 6.42 Å². The number of rotatable bonds is 4. The molecule has 0 spiro atoms. The molecule has 0 bridgehead atoms. The molecule has 18 heavy (non-hydrogen) atoms. The van der Waals surface area contributed by atoms with Crippen molar-refractivity contribution in [1.29, 1.82) is 0 Å². The highest BCUT2D eigenvalue weighted by Crippen LogP contribution is 2.32. The van der Waals surface area contributed by atoms with Gasteiger partial charge >= 0.3 is 0 Å². The Bertz CT molecular complexity index is 481. The van der Waals surface area contributed by atoms with Crippen LogP contribution in [0.5, 0.6) is 5.75 Å². The number of para-hydroxylation sites is 2. The van der Waals surface area contributed by atoms with Crippen LogP contribution in [0.3, 0.4) is 0 Å². The van der Waals surface area contributed by atoms with Gasteiger partial charge in [0.2, 0.25) is 5.91 Å². The minimum Gasteiger partial charge on any atom is -0.489 e. The van der Waals surface area contributed by atoms with Gasteiger partial charge in [-0.05, 0) is 12.1 Å². The Hall–Kier alpha value is -2.02. The number of hydrogen-bond acceptors (Lipinski definition) is 2. The highest BCUT2D eigenvalue weighted by molar-refractivity contribution is 5.97. The summed E-state index contributed by atoms with van der Waals surface area (Å²) in [5.41, 5.74) is 0.661. The van der Waals surface area contributed by atoms with E-state index in [-0.39, 0.29) is 18.4 Å². The largest absolute Gasteiger partial charge is 0.489 e. The molecule has 0 saturated carbocycles. The fraction of sp³-hybridized carbons (Fsp3) is 0.357. The molecular weight excluding hydrogens is 233 g/mol. The van der Waals surface area contributed by atoms with E-state index in [1.807, 2.05) is 6.07 Å². The molecule has 1 aromatic carbocycles. The molecule has 1 unspecified atom stereocenters. The number of halogens is 1. The second-order valence-electron chi connectivity index (χ2n) is 4.08. The van der Waals surface area contributed by atoms with Gasteiger partial charge in [0.15, 0.2) is 0 Å². The zero-order valence-electron chi connectivity index (χ0n) is 9.93. The molecule has 0 radical (unpaired) electrons. The van der Waals surface area contributed by atoms with E-state index in [4.69, 9.17) is 11.2 Å². The van der Waals surface area contributed by atoms with Gasteiger partial charge in [-0.25, -0.2) is 4.39 Å². The number of terminal acetylenes is 1. The third-order valence-electron chi connectivity index (χ3n) is 2.85. The number of carbonyl (C=O) groups excluding carboxylic acids is 1. The van der Waals surface area contributed by atoms with Gasteiger partial charge in [0.1, 0.15) is 19.0 Å². The SMILES string of the molecule is C#CC1CC(=O)N(c2ccccc2OCCF)C1. The smallest absolute Gasteiger partial charge is 0.228 e. The second-order valence-corrected chi connectivity index (χ2v) is 4.08. The van der Waals surface area contributed by atoms with E-state index in [1.165, 1.54) is 0 Å². The average Bonchev–Trinajstić information content (AvgIpc) is 2.78. The van der Waals surface area contributed by atoms with Crippen LogP contribution in [0.4, 0.5) is 10.1 Å². The minimum absolute atomic E-state index is 0.0163. The Morgan fingerprint density at radius 1 is 1.50 bits per heavy atom. The fourth-order valence-corrected chi connectivity index (χ4v) is 2.00. The van der Waals surface area contributed by atoms with Gasteiger partial charge in [-0.15, -0.1) is 12.3 Å². The van der Waals surface area contributed by atoms with Crippen LogP contribution >= 0.6 is 0 Å². The Balaban J connectivity index is 2.23. The highest BCUT2D eigenvalue weighted by atomic mass is 19.1. The monoisotopic (exact) mass is 247 g/mol. The first-order valence-corrected chi connectivity index (χ1v) is 5.80. The van der Waals surface area contributed by atoms with Gasteiger partial charge in [-0.3, -0.25) is 4.79 Å². The van der Waals surface area contributed by atoms with Crippen molar-refractivity contribution >= 4 is 11.6 Å². The molecule has 94 valence electrons. The Morgan fingerprint density at radius 3 is 2.94 bits per heavy atom. The lowest BCUT2D eigenvalue weighted by Crippen LogP contribution is -2.25. The van der Waals surface area contributed by atoms with Crippen molar-refractivity contribution in [1.82, 2.24) is 0 Å². The zero-order chi connectivity index (χ0) is 13.0. The number of hydrogen-bond donors (Lipinski definition) is 0. The summed E-state index contributed by atoms with van der Waals surface area (Å²) in [5, 5.41) is 0. The van der Waals surface area contributed by atoms with Crippen molar-refractivity contribution < 1.29 is 13.9 Å². The van der Waals surface area contributed by atoms with E-state index < -0.39 is 6.67 Å². The summed E-state index contributed by atoms with van der Waals surface area (Å²) >= 11 is 0. The lowest BCUT2D eigenvalue weighted by atomic mass is 10.1. The predicted octanol–water partition coefficient (Wildman–Crippen LogP) is 2.02. The first-order valence-electron chi connectivity index (χ1n) is 5.80. The molecule has 1 aliphatic heterocycles. The van der Waals surface area contributed by atoms with Gasteiger partial charge in [0.05, 0.1) is 5.69 Å². The lowest BCUT2D eigenvalue weighted by Gasteiger charge is -2.19. The molecule has 0 aromatic heterocycles. The van der Waals surface area contributed by atoms with E-state index in [2.05, 4.69) is 5.92 Å². The Kier molecular flexibility index (Phi) is 3.83. The molecule has 1 atom stereocenters. The second kappa shape index (κ2) is 5.54. The maximum Gasteiger partial charge on any atom is 0.228 e. The van der Waals surface area contributed by atoms with Crippen LogP contribution < -0.4 is 9.64 Å². The van der Waals surface area contributed by atoms with Crippen molar-refractivity contribution in [2.75, 3.05) is 24.7 Å². The Morgan fingerprint density at radius 2 is 2.28 bits per heavy atom. The van der Waals surface area contributed by atoms with Crippen LogP contribution in [-0.4, -0.2) is 25.7 Å². The molecule has 1 fully saturated rings. The number of alkyl halides is 1. The van der Waals surface area contributed by atoms with Gasteiger partial charge in [0, 0.05) is 18.9 Å². The summed E-state index contributed by atoms with van der Waals surface area (Å²) in [5.74, 6) is 3.03. The standard InChI is InChI=1S/C14H14FNO2/c1-2-11-9-14(17)16(10-11)12-5-3-4-6-13(12)18-8-7-15/h1,3-6,11H,7-10H2. The predicted molar refractivity (Wildman–Crippen MR) is 67.2 cm³/mol. The lowest BCUT2D eigenvalue weighted by molar-refractivity contribution is -0.117. The van der Waals surface area contributed by atoms with E-state index in [9.17, 15) is 9.18 Å². The van der Waals surface area contributed by atoms with Gasteiger partial charge in [-0.1, -0.05) is 12.1 Å². The summed E-state index contributed by atoms with van der Waals surface area (Å²) in [6.45, 7) is -0.0851. The van der Waals surface area contributed by atoms with Crippen LogP contribution in [0.25, 0.3) is 0 Å². The topological polar surface area (TPSA) is 29.5 Å². The van der Waals surface area contributed by atoms with Crippen molar-refractivity contribution in [2.24, 2.45) is 5.92 Å². The van der Waals surface area contributed by atoms with E-state index in [1.54, 1.807) is 23.1 Å². The number of nitrogens with zero attached hydrogens (tertiary/aromatic N) is 1. The number of ether oxygens (including phenoxy) is 1. The molecule has 3 nitrogen and oxygen atoms in total. The van der Waals surface area contributed by atoms with Crippen LogP contribution in [0.15, 0.2) is 24.3 Å². The molecule has 1 saturated heterocycles. The van der Waals surface area contributed by atoms with Crippen molar-refractivity contribution in [2.45, 2.75) is 6.42 Å². The zero-order valence-corrected chi connectivity index (χ0v) is 9.93. The number of benzene rings is 1. The number of amides is 1. The number of carbonyl (C=O) groups is 1. The molecule has 0 N–H and O–H groups in total. The Labute approximate surface area is 106 Å². The quantitative estimate of drug-likeness (QED) is 0.762. The van der Waals surface area contributed by atoms with Gasteiger partial charge in [0.25, 0.3) is 0 Å². The molecule has 1 aliphatic rings. The summed E-state index contributed by atoms with van der Waals surface area (Å²) < 4.78 is 17.4. The third-order valence-corrected chi connectivity index (χ3v) is 2.85. The van der Waals surface area contributed by atoms with Gasteiger partial charge < -0.3 is 9.64 Å². The molecular formula is C14H14FNO2. The average molecular weight is 247 g/mol. The maximum atomic E-state index is 12.1. The molecule has 2 rings (SSSR count).